The van der Waals surface area contributed by atoms with Crippen molar-refractivity contribution in [2.75, 3.05) is 12.4 Å². The molecule has 3 rings (SSSR count). The molecule has 0 unspecified atom stereocenters. The number of hydrogen-bond acceptors (Lipinski definition) is 4. The van der Waals surface area contributed by atoms with Crippen molar-refractivity contribution in [1.82, 2.24) is 5.32 Å². The van der Waals surface area contributed by atoms with Gasteiger partial charge in [-0.05, 0) is 48.7 Å². The maximum absolute atomic E-state index is 12.5. The van der Waals surface area contributed by atoms with Gasteiger partial charge in [-0.2, -0.15) is 0 Å². The number of anilines is 1. The van der Waals surface area contributed by atoms with E-state index in [1.807, 2.05) is 12.1 Å². The molecule has 1 aliphatic rings. The van der Waals surface area contributed by atoms with Gasteiger partial charge in [-0.25, -0.2) is 4.79 Å². The number of carbonyl (C=O) groups is 3. The van der Waals surface area contributed by atoms with Crippen molar-refractivity contribution in [1.29, 1.82) is 0 Å². The monoisotopic (exact) mass is 394 g/mol. The Morgan fingerprint density at radius 3 is 2.38 bits per heavy atom. The zero-order chi connectivity index (χ0) is 20.6. The van der Waals surface area contributed by atoms with Gasteiger partial charge < -0.3 is 15.4 Å². The molecule has 0 atom stereocenters. The predicted molar refractivity (Wildman–Crippen MR) is 111 cm³/mol. The Kier molecular flexibility index (Phi) is 7.00. The Labute approximate surface area is 170 Å². The lowest BCUT2D eigenvalue weighted by molar-refractivity contribution is -0.126. The van der Waals surface area contributed by atoms with Crippen LogP contribution in [0.4, 0.5) is 5.69 Å². The summed E-state index contributed by atoms with van der Waals surface area (Å²) >= 11 is 0. The molecule has 0 aliphatic heterocycles. The van der Waals surface area contributed by atoms with Crippen molar-refractivity contribution < 1.29 is 19.1 Å². The zero-order valence-electron chi connectivity index (χ0n) is 16.6. The van der Waals surface area contributed by atoms with Crippen LogP contribution in [0.2, 0.25) is 0 Å². The lowest BCUT2D eigenvalue weighted by Crippen LogP contribution is -2.31. The second-order valence-corrected chi connectivity index (χ2v) is 7.28. The van der Waals surface area contributed by atoms with Crippen molar-refractivity contribution in [2.24, 2.45) is 5.92 Å². The van der Waals surface area contributed by atoms with Gasteiger partial charge in [0.25, 0.3) is 5.91 Å². The molecule has 2 aromatic carbocycles. The molecule has 29 heavy (non-hydrogen) atoms. The van der Waals surface area contributed by atoms with Crippen LogP contribution >= 0.6 is 0 Å². The molecule has 2 N–H and O–H groups in total. The van der Waals surface area contributed by atoms with Crippen LogP contribution in [0.1, 0.15) is 58.4 Å². The first kappa shape index (κ1) is 20.6. The topological polar surface area (TPSA) is 84.5 Å². The number of methoxy groups -OCH3 is 1. The molecular weight excluding hydrogens is 368 g/mol. The Hall–Kier alpha value is -3.15. The molecule has 0 spiro atoms. The minimum atomic E-state index is -0.458. The standard InChI is InChI=1S/C23H26N2O4/c1-29-23(28)19-8-5-9-20(14-19)25-22(27)18-12-10-16(11-13-18)15-24-21(26)17-6-3-2-4-7-17/h5,8-14,17H,2-4,6-7,15H2,1H3,(H,24,26)(H,25,27). The number of nitrogens with one attached hydrogen (secondary N) is 2. The van der Waals surface area contributed by atoms with Crippen molar-refractivity contribution in [3.8, 4) is 0 Å². The molecule has 152 valence electrons. The Bertz CT molecular complexity index is 871. The molecule has 2 aromatic rings. The minimum absolute atomic E-state index is 0.122. The highest BCUT2D eigenvalue weighted by Crippen LogP contribution is 2.23. The predicted octanol–water partition coefficient (Wildman–Crippen LogP) is 3.92. The maximum Gasteiger partial charge on any atom is 0.337 e. The van der Waals surface area contributed by atoms with E-state index in [4.69, 9.17) is 4.74 Å². The van der Waals surface area contributed by atoms with Crippen molar-refractivity contribution in [3.63, 3.8) is 0 Å². The van der Waals surface area contributed by atoms with Crippen molar-refractivity contribution in [3.05, 3.63) is 65.2 Å². The molecule has 1 saturated carbocycles. The fraction of sp³-hybridized carbons (Fsp3) is 0.348. The Morgan fingerprint density at radius 1 is 0.966 bits per heavy atom. The summed E-state index contributed by atoms with van der Waals surface area (Å²) in [6, 6.07) is 13.7. The molecular formula is C23H26N2O4. The van der Waals surface area contributed by atoms with Crippen molar-refractivity contribution in [2.45, 2.75) is 38.6 Å². The van der Waals surface area contributed by atoms with Gasteiger partial charge in [-0.1, -0.05) is 37.5 Å². The van der Waals surface area contributed by atoms with E-state index in [0.29, 0.717) is 23.4 Å². The third kappa shape index (κ3) is 5.67. The number of carbonyl (C=O) groups excluding carboxylic acids is 3. The summed E-state index contributed by atoms with van der Waals surface area (Å²) in [5, 5.41) is 5.77. The highest BCUT2D eigenvalue weighted by Gasteiger charge is 2.20. The van der Waals surface area contributed by atoms with E-state index in [1.54, 1.807) is 36.4 Å². The summed E-state index contributed by atoms with van der Waals surface area (Å²) in [6.07, 6.45) is 5.43. The highest BCUT2D eigenvalue weighted by molar-refractivity contribution is 6.04. The van der Waals surface area contributed by atoms with Crippen molar-refractivity contribution >= 4 is 23.5 Å². The summed E-state index contributed by atoms with van der Waals surface area (Å²) in [5.41, 5.74) is 2.32. The summed E-state index contributed by atoms with van der Waals surface area (Å²) in [4.78, 5) is 36.3. The van der Waals surface area contributed by atoms with E-state index in [1.165, 1.54) is 13.5 Å². The summed E-state index contributed by atoms with van der Waals surface area (Å²) in [6.45, 7) is 0.457. The molecule has 6 nitrogen and oxygen atoms in total. The van der Waals surface area contributed by atoms with Crippen LogP contribution in [0, 0.1) is 5.92 Å². The average Bonchev–Trinajstić information content (AvgIpc) is 2.78. The van der Waals surface area contributed by atoms with E-state index in [9.17, 15) is 14.4 Å². The molecule has 0 aromatic heterocycles. The molecule has 2 amide bonds. The summed E-state index contributed by atoms with van der Waals surface area (Å²) in [5.74, 6) is -0.475. The zero-order valence-corrected chi connectivity index (χ0v) is 16.6. The van der Waals surface area contributed by atoms with Crippen LogP contribution in [-0.4, -0.2) is 24.9 Å². The normalized spacial score (nSPS) is 14.1. The molecule has 0 saturated heterocycles. The van der Waals surface area contributed by atoms with Gasteiger partial charge in [0, 0.05) is 23.7 Å². The smallest absolute Gasteiger partial charge is 0.337 e. The summed E-state index contributed by atoms with van der Waals surface area (Å²) in [7, 11) is 1.31. The van der Waals surface area contributed by atoms with Crippen LogP contribution in [0.5, 0.6) is 0 Å². The van der Waals surface area contributed by atoms with Gasteiger partial charge in [-0.15, -0.1) is 0 Å². The quantitative estimate of drug-likeness (QED) is 0.727. The van der Waals surface area contributed by atoms with Crippen LogP contribution < -0.4 is 10.6 Å². The number of esters is 1. The van der Waals surface area contributed by atoms with E-state index < -0.39 is 5.97 Å². The number of hydrogen-bond donors (Lipinski definition) is 2. The van der Waals surface area contributed by atoms with Crippen LogP contribution in [-0.2, 0) is 16.1 Å². The van der Waals surface area contributed by atoms with Gasteiger partial charge in [0.15, 0.2) is 0 Å². The number of amides is 2. The van der Waals surface area contributed by atoms with E-state index in [0.717, 1.165) is 31.2 Å². The van der Waals surface area contributed by atoms with Crippen LogP contribution in [0.3, 0.4) is 0 Å². The fourth-order valence-electron chi connectivity index (χ4n) is 3.52. The van der Waals surface area contributed by atoms with E-state index >= 15 is 0 Å². The lowest BCUT2D eigenvalue weighted by Gasteiger charge is -2.20. The largest absolute Gasteiger partial charge is 0.465 e. The highest BCUT2D eigenvalue weighted by atomic mass is 16.5. The SMILES string of the molecule is COC(=O)c1cccc(NC(=O)c2ccc(CNC(=O)C3CCCCC3)cc2)c1. The molecule has 1 fully saturated rings. The van der Waals surface area contributed by atoms with Crippen LogP contribution in [0.25, 0.3) is 0 Å². The molecule has 0 heterocycles. The Morgan fingerprint density at radius 2 is 1.69 bits per heavy atom. The number of rotatable bonds is 6. The first-order chi connectivity index (χ1) is 14.1. The molecule has 0 radical (unpaired) electrons. The van der Waals surface area contributed by atoms with Gasteiger partial charge in [0.05, 0.1) is 12.7 Å². The first-order valence-corrected chi connectivity index (χ1v) is 9.93. The first-order valence-electron chi connectivity index (χ1n) is 9.93. The third-order valence-corrected chi connectivity index (χ3v) is 5.20. The van der Waals surface area contributed by atoms with Crippen LogP contribution in [0.15, 0.2) is 48.5 Å². The third-order valence-electron chi connectivity index (χ3n) is 5.20. The van der Waals surface area contributed by atoms with Gasteiger partial charge in [-0.3, -0.25) is 9.59 Å². The van der Waals surface area contributed by atoms with Gasteiger partial charge in [0.2, 0.25) is 5.91 Å². The minimum Gasteiger partial charge on any atom is -0.465 e. The maximum atomic E-state index is 12.5. The second-order valence-electron chi connectivity index (χ2n) is 7.28. The fourth-order valence-corrected chi connectivity index (χ4v) is 3.52. The second kappa shape index (κ2) is 9.87. The molecule has 6 heteroatoms. The van der Waals surface area contributed by atoms with E-state index in [-0.39, 0.29) is 17.7 Å². The molecule has 0 bridgehead atoms. The summed E-state index contributed by atoms with van der Waals surface area (Å²) < 4.78 is 4.69. The number of ether oxygens (including phenoxy) is 1. The lowest BCUT2D eigenvalue weighted by atomic mass is 9.88. The van der Waals surface area contributed by atoms with Gasteiger partial charge >= 0.3 is 5.97 Å². The average molecular weight is 394 g/mol. The molecule has 1 aliphatic carbocycles. The number of benzene rings is 2. The van der Waals surface area contributed by atoms with Gasteiger partial charge in [0.1, 0.15) is 0 Å². The van der Waals surface area contributed by atoms with E-state index in [2.05, 4.69) is 10.6 Å². The Balaban J connectivity index is 1.54.